The number of aliphatic hydroxyl groups is 1. The Labute approximate surface area is 263 Å². The van der Waals surface area contributed by atoms with Crippen molar-refractivity contribution in [3.63, 3.8) is 0 Å². The lowest BCUT2D eigenvalue weighted by molar-refractivity contribution is -0.253. The number of ether oxygens (including phenoxy) is 3. The minimum absolute atomic E-state index is 0.0160. The zero-order chi connectivity index (χ0) is 31.2. The highest BCUT2D eigenvalue weighted by molar-refractivity contribution is 5.93. The molecule has 3 N–H and O–H groups in total. The Morgan fingerprint density at radius 3 is 2.42 bits per heavy atom. The van der Waals surface area contributed by atoms with Crippen LogP contribution in [0.3, 0.4) is 0 Å². The average Bonchev–Trinajstić information content (AvgIpc) is 3.40. The molecule has 3 saturated heterocycles. The Balaban J connectivity index is 1.15. The molecule has 45 heavy (non-hydrogen) atoms. The molecule has 0 aliphatic carbocycles. The highest BCUT2D eigenvalue weighted by Gasteiger charge is 2.50. The largest absolute Gasteiger partial charge is 0.445 e. The van der Waals surface area contributed by atoms with Crippen molar-refractivity contribution in [1.82, 2.24) is 10.2 Å². The Hall–Kier alpha value is -4.22. The number of hydrogen-bond donors (Lipinski definition) is 3. The summed E-state index contributed by atoms with van der Waals surface area (Å²) >= 11 is 0. The molecule has 0 bridgehead atoms. The van der Waals surface area contributed by atoms with E-state index in [1.54, 1.807) is 12.1 Å². The van der Waals surface area contributed by atoms with Gasteiger partial charge in [0, 0.05) is 43.0 Å². The normalized spacial score (nSPS) is 23.0. The fraction of sp³-hybridized carbons (Fsp3) is 0.371. The van der Waals surface area contributed by atoms with Gasteiger partial charge in [-0.05, 0) is 48.2 Å². The van der Waals surface area contributed by atoms with Gasteiger partial charge in [-0.15, -0.1) is 0 Å². The first-order valence-electron chi connectivity index (χ1n) is 15.5. The molecule has 0 aromatic heterocycles. The van der Waals surface area contributed by atoms with Gasteiger partial charge in [0.2, 0.25) is 5.91 Å². The standard InChI is InChI=1S/C35H40N4O6/c1-2-20-43-34(42)37-28-14-12-27(13-15-28)32-44-30(21-31(45-32)26-10-8-25(23-40)9-11-26)22-38-18-16-35(17-19-38)33(41)36-24-39(35)29-6-4-3-5-7-29/h2-15,30-32,40H,1,16-24H2,(H,36,41)(H,37,42)/t30-,31+,32+/m0/s1. The van der Waals surface area contributed by atoms with Gasteiger partial charge >= 0.3 is 6.09 Å². The molecule has 3 aliphatic rings. The van der Waals surface area contributed by atoms with Crippen LogP contribution < -0.4 is 15.5 Å². The summed E-state index contributed by atoms with van der Waals surface area (Å²) in [5.74, 6) is 0.103. The molecule has 2 amide bonds. The Kier molecular flexibility index (Phi) is 9.46. The molecule has 3 aromatic carbocycles. The van der Waals surface area contributed by atoms with Gasteiger partial charge in [0.25, 0.3) is 0 Å². The van der Waals surface area contributed by atoms with Crippen molar-refractivity contribution in [2.45, 2.75) is 49.9 Å². The summed E-state index contributed by atoms with van der Waals surface area (Å²) < 4.78 is 18.1. The maximum atomic E-state index is 13.1. The number of benzene rings is 3. The van der Waals surface area contributed by atoms with Crippen LogP contribution in [0.1, 0.15) is 48.3 Å². The molecule has 6 rings (SSSR count). The molecule has 10 heteroatoms. The SMILES string of the molecule is C=CCOC(=O)Nc1ccc([C@@H]2O[C@H](CN3CCC4(CC3)C(=O)NCN4c3ccccc3)C[C@H](c3ccc(CO)cc3)O2)cc1. The highest BCUT2D eigenvalue weighted by Crippen LogP contribution is 2.40. The lowest BCUT2D eigenvalue weighted by Gasteiger charge is -2.45. The highest BCUT2D eigenvalue weighted by atomic mass is 16.7. The molecule has 3 aliphatic heterocycles. The summed E-state index contributed by atoms with van der Waals surface area (Å²) in [7, 11) is 0. The summed E-state index contributed by atoms with van der Waals surface area (Å²) in [6.07, 6.45) is 2.15. The van der Waals surface area contributed by atoms with Crippen LogP contribution in [0.2, 0.25) is 0 Å². The molecular formula is C35H40N4O6. The van der Waals surface area contributed by atoms with Crippen LogP contribution >= 0.6 is 0 Å². The van der Waals surface area contributed by atoms with E-state index in [4.69, 9.17) is 14.2 Å². The van der Waals surface area contributed by atoms with Crippen LogP contribution in [0, 0.1) is 0 Å². The number of nitrogens with one attached hydrogen (secondary N) is 2. The molecule has 3 fully saturated rings. The third-order valence-corrected chi connectivity index (χ3v) is 8.93. The first-order valence-corrected chi connectivity index (χ1v) is 15.5. The zero-order valence-electron chi connectivity index (χ0n) is 25.3. The second-order valence-electron chi connectivity index (χ2n) is 11.7. The lowest BCUT2D eigenvalue weighted by atomic mass is 9.85. The fourth-order valence-corrected chi connectivity index (χ4v) is 6.47. The second kappa shape index (κ2) is 13.8. The molecule has 3 aromatic rings. The molecule has 3 heterocycles. The van der Waals surface area contributed by atoms with Crippen LogP contribution in [0.15, 0.2) is 91.5 Å². The van der Waals surface area contributed by atoms with Crippen LogP contribution in [-0.4, -0.2) is 66.6 Å². The lowest BCUT2D eigenvalue weighted by Crippen LogP contribution is -2.57. The van der Waals surface area contributed by atoms with E-state index >= 15 is 0 Å². The van der Waals surface area contributed by atoms with Gasteiger partial charge in [-0.1, -0.05) is 67.3 Å². The smallest absolute Gasteiger partial charge is 0.411 e. The molecule has 1 spiro atoms. The maximum Gasteiger partial charge on any atom is 0.411 e. The van der Waals surface area contributed by atoms with E-state index in [2.05, 4.69) is 39.1 Å². The third-order valence-electron chi connectivity index (χ3n) is 8.93. The van der Waals surface area contributed by atoms with E-state index in [0.29, 0.717) is 25.3 Å². The first-order chi connectivity index (χ1) is 22.0. The predicted octanol–water partition coefficient (Wildman–Crippen LogP) is 4.89. The van der Waals surface area contributed by atoms with Crippen molar-refractivity contribution in [2.24, 2.45) is 0 Å². The summed E-state index contributed by atoms with van der Waals surface area (Å²) in [4.78, 5) is 29.7. The number of rotatable bonds is 9. The van der Waals surface area contributed by atoms with Crippen molar-refractivity contribution in [3.8, 4) is 0 Å². The van der Waals surface area contributed by atoms with Crippen molar-refractivity contribution >= 4 is 23.4 Å². The van der Waals surface area contributed by atoms with Gasteiger partial charge < -0.3 is 34.4 Å². The minimum atomic E-state index is -0.613. The van der Waals surface area contributed by atoms with Crippen LogP contribution in [0.4, 0.5) is 16.2 Å². The molecule has 0 radical (unpaired) electrons. The van der Waals surface area contributed by atoms with Gasteiger partial charge in [0.15, 0.2) is 6.29 Å². The van der Waals surface area contributed by atoms with E-state index in [-0.39, 0.29) is 31.3 Å². The van der Waals surface area contributed by atoms with Gasteiger partial charge in [0.1, 0.15) is 12.1 Å². The van der Waals surface area contributed by atoms with Gasteiger partial charge in [-0.25, -0.2) is 4.79 Å². The number of likely N-dealkylation sites (tertiary alicyclic amines) is 1. The van der Waals surface area contributed by atoms with Crippen molar-refractivity contribution in [2.75, 3.05) is 43.1 Å². The van der Waals surface area contributed by atoms with Crippen molar-refractivity contribution in [1.29, 1.82) is 0 Å². The Bertz CT molecular complexity index is 1460. The monoisotopic (exact) mass is 612 g/mol. The number of amides is 2. The summed E-state index contributed by atoms with van der Waals surface area (Å²) in [5, 5.41) is 15.3. The zero-order valence-corrected chi connectivity index (χ0v) is 25.3. The number of piperidine rings is 1. The summed E-state index contributed by atoms with van der Waals surface area (Å²) in [6.45, 7) is 6.46. The number of anilines is 2. The van der Waals surface area contributed by atoms with Crippen LogP contribution in [0.25, 0.3) is 0 Å². The minimum Gasteiger partial charge on any atom is -0.445 e. The quantitative estimate of drug-likeness (QED) is 0.293. The van der Waals surface area contributed by atoms with Crippen LogP contribution in [-0.2, 0) is 25.6 Å². The van der Waals surface area contributed by atoms with Gasteiger partial charge in [-0.2, -0.15) is 0 Å². The molecule has 10 nitrogen and oxygen atoms in total. The maximum absolute atomic E-state index is 13.1. The second-order valence-corrected chi connectivity index (χ2v) is 11.7. The predicted molar refractivity (Wildman–Crippen MR) is 170 cm³/mol. The number of aliphatic hydroxyl groups excluding tert-OH is 1. The van der Waals surface area contributed by atoms with E-state index < -0.39 is 17.9 Å². The molecule has 0 saturated carbocycles. The summed E-state index contributed by atoms with van der Waals surface area (Å²) in [6, 6.07) is 25.3. The third kappa shape index (κ3) is 6.89. The number of nitrogens with zero attached hydrogens (tertiary/aromatic N) is 2. The molecule has 3 atom stereocenters. The number of hydrogen-bond acceptors (Lipinski definition) is 8. The number of carbonyl (C=O) groups is 2. The fourth-order valence-electron chi connectivity index (χ4n) is 6.47. The number of carbonyl (C=O) groups excluding carboxylic acids is 2. The van der Waals surface area contributed by atoms with Gasteiger partial charge in [0.05, 0.1) is 25.5 Å². The van der Waals surface area contributed by atoms with Crippen LogP contribution in [0.5, 0.6) is 0 Å². The molecule has 0 unspecified atom stereocenters. The van der Waals surface area contributed by atoms with Crippen molar-refractivity contribution in [3.05, 3.63) is 108 Å². The van der Waals surface area contributed by atoms with Crippen molar-refractivity contribution < 1.29 is 28.9 Å². The molecule has 236 valence electrons. The van der Waals surface area contributed by atoms with E-state index in [1.165, 1.54) is 6.08 Å². The van der Waals surface area contributed by atoms with Gasteiger partial charge in [-0.3, -0.25) is 10.1 Å². The summed E-state index contributed by atoms with van der Waals surface area (Å²) in [5.41, 5.74) is 3.81. The van der Waals surface area contributed by atoms with E-state index in [0.717, 1.165) is 48.3 Å². The first kappa shape index (κ1) is 30.8. The average molecular weight is 613 g/mol. The topological polar surface area (TPSA) is 113 Å². The Morgan fingerprint density at radius 2 is 1.73 bits per heavy atom. The van der Waals surface area contributed by atoms with E-state index in [9.17, 15) is 14.7 Å². The van der Waals surface area contributed by atoms with E-state index in [1.807, 2.05) is 54.6 Å². The Morgan fingerprint density at radius 1 is 1.02 bits per heavy atom. The molecular weight excluding hydrogens is 572 g/mol. The number of para-hydroxylation sites is 1.